The number of rotatable bonds is 6. The molecule has 0 unspecified atom stereocenters. The van der Waals surface area contributed by atoms with Crippen LogP contribution >= 0.6 is 11.8 Å². The number of nitrogens with zero attached hydrogens (tertiary/aromatic N) is 3. The molecule has 5 heteroatoms. The average molecular weight is 404 g/mol. The topological polar surface area (TPSA) is 43.9 Å². The van der Waals surface area contributed by atoms with Gasteiger partial charge < -0.3 is 4.42 Å². The fourth-order valence-electron chi connectivity index (χ4n) is 3.14. The van der Waals surface area contributed by atoms with Crippen molar-refractivity contribution < 1.29 is 4.42 Å². The molecular formula is C24H25N3OS. The zero-order valence-electron chi connectivity index (χ0n) is 17.0. The zero-order valence-corrected chi connectivity index (χ0v) is 17.8. The Morgan fingerprint density at radius 3 is 2.28 bits per heavy atom. The van der Waals surface area contributed by atoms with Crippen molar-refractivity contribution in [2.45, 2.75) is 43.6 Å². The second-order valence-corrected chi connectivity index (χ2v) is 9.03. The van der Waals surface area contributed by atoms with Gasteiger partial charge in [0, 0.05) is 5.75 Å². The van der Waals surface area contributed by atoms with Gasteiger partial charge in [-0.05, 0) is 34.2 Å². The third-order valence-corrected chi connectivity index (χ3v) is 5.87. The van der Waals surface area contributed by atoms with Crippen molar-refractivity contribution in [3.8, 4) is 11.6 Å². The third-order valence-electron chi connectivity index (χ3n) is 4.83. The molecule has 0 radical (unpaired) electrons. The fourth-order valence-corrected chi connectivity index (χ4v) is 4.03. The van der Waals surface area contributed by atoms with Crippen LogP contribution in [0.15, 0.2) is 82.6 Å². The molecule has 0 fully saturated rings. The summed E-state index contributed by atoms with van der Waals surface area (Å²) in [7, 11) is 0. The summed E-state index contributed by atoms with van der Waals surface area (Å²) in [6.07, 6.45) is 1.67. The monoisotopic (exact) mass is 403 g/mol. The van der Waals surface area contributed by atoms with Crippen LogP contribution in [0.25, 0.3) is 11.6 Å². The van der Waals surface area contributed by atoms with Crippen LogP contribution in [0.3, 0.4) is 0 Å². The van der Waals surface area contributed by atoms with E-state index in [0.29, 0.717) is 6.54 Å². The maximum atomic E-state index is 5.59. The Kier molecular flexibility index (Phi) is 5.58. The van der Waals surface area contributed by atoms with Gasteiger partial charge in [-0.2, -0.15) is 0 Å². The normalized spacial score (nSPS) is 11.7. The smallest absolute Gasteiger partial charge is 0.200 e. The average Bonchev–Trinajstić information content (AvgIpc) is 3.37. The summed E-state index contributed by atoms with van der Waals surface area (Å²) >= 11 is 1.70. The second kappa shape index (κ2) is 8.29. The Labute approximate surface area is 176 Å². The van der Waals surface area contributed by atoms with Gasteiger partial charge in [-0.1, -0.05) is 87.1 Å². The lowest BCUT2D eigenvalue weighted by Gasteiger charge is -2.19. The molecule has 4 rings (SSSR count). The van der Waals surface area contributed by atoms with E-state index in [0.717, 1.165) is 22.5 Å². The molecule has 4 nitrogen and oxygen atoms in total. The highest BCUT2D eigenvalue weighted by Gasteiger charge is 2.17. The van der Waals surface area contributed by atoms with Crippen LogP contribution in [0.1, 0.15) is 37.5 Å². The molecule has 0 atom stereocenters. The first-order chi connectivity index (χ1) is 14.0. The molecule has 29 heavy (non-hydrogen) atoms. The Hall–Kier alpha value is -2.79. The molecule has 0 aliphatic rings. The van der Waals surface area contributed by atoms with E-state index in [1.54, 1.807) is 18.0 Å². The fraction of sp³-hybridized carbons (Fsp3) is 0.250. The SMILES string of the molecule is CC(C)(C)c1ccc(CSc2nnc(-c3ccco3)n2Cc2ccccc2)cc1. The molecule has 4 aromatic rings. The van der Waals surface area contributed by atoms with Crippen LogP contribution in [0.5, 0.6) is 0 Å². The van der Waals surface area contributed by atoms with Gasteiger partial charge in [0.05, 0.1) is 12.8 Å². The molecule has 0 aliphatic heterocycles. The van der Waals surface area contributed by atoms with Crippen LogP contribution in [-0.2, 0) is 17.7 Å². The van der Waals surface area contributed by atoms with Crippen molar-refractivity contribution in [1.82, 2.24) is 14.8 Å². The third kappa shape index (κ3) is 4.62. The van der Waals surface area contributed by atoms with E-state index >= 15 is 0 Å². The Bertz CT molecular complexity index is 1050. The van der Waals surface area contributed by atoms with Crippen LogP contribution in [0.2, 0.25) is 0 Å². The number of furan rings is 1. The molecule has 0 bridgehead atoms. The van der Waals surface area contributed by atoms with E-state index in [2.05, 4.69) is 84.1 Å². The highest BCUT2D eigenvalue weighted by molar-refractivity contribution is 7.98. The van der Waals surface area contributed by atoms with Gasteiger partial charge >= 0.3 is 0 Å². The molecule has 2 aromatic carbocycles. The number of thioether (sulfide) groups is 1. The van der Waals surface area contributed by atoms with Crippen LogP contribution in [-0.4, -0.2) is 14.8 Å². The Morgan fingerprint density at radius 2 is 1.62 bits per heavy atom. The first-order valence-electron chi connectivity index (χ1n) is 9.74. The van der Waals surface area contributed by atoms with Crippen molar-refractivity contribution in [3.05, 3.63) is 89.7 Å². The second-order valence-electron chi connectivity index (χ2n) is 8.09. The lowest BCUT2D eigenvalue weighted by molar-refractivity contribution is 0.569. The molecule has 0 spiro atoms. The maximum absolute atomic E-state index is 5.59. The summed E-state index contributed by atoms with van der Waals surface area (Å²) in [5, 5.41) is 9.76. The molecule has 148 valence electrons. The van der Waals surface area contributed by atoms with Crippen molar-refractivity contribution >= 4 is 11.8 Å². The van der Waals surface area contributed by atoms with E-state index in [1.807, 2.05) is 18.2 Å². The van der Waals surface area contributed by atoms with Crippen LogP contribution < -0.4 is 0 Å². The minimum absolute atomic E-state index is 0.166. The summed E-state index contributed by atoms with van der Waals surface area (Å²) in [6.45, 7) is 7.41. The standard InChI is InChI=1S/C24H25N3OS/c1-24(2,3)20-13-11-19(12-14-20)17-29-23-26-25-22(21-10-7-15-28-21)27(23)16-18-8-5-4-6-9-18/h4-15H,16-17H2,1-3H3. The van der Waals surface area contributed by atoms with Crippen molar-refractivity contribution in [3.63, 3.8) is 0 Å². The molecule has 0 aliphatic carbocycles. The van der Waals surface area contributed by atoms with Gasteiger partial charge in [-0.15, -0.1) is 10.2 Å². The van der Waals surface area contributed by atoms with Crippen LogP contribution in [0.4, 0.5) is 0 Å². The van der Waals surface area contributed by atoms with E-state index in [1.165, 1.54) is 16.7 Å². The lowest BCUT2D eigenvalue weighted by Crippen LogP contribution is -2.10. The predicted molar refractivity (Wildman–Crippen MR) is 118 cm³/mol. The van der Waals surface area contributed by atoms with E-state index < -0.39 is 0 Å². The minimum atomic E-state index is 0.166. The zero-order chi connectivity index (χ0) is 20.3. The lowest BCUT2D eigenvalue weighted by atomic mass is 9.87. The predicted octanol–water partition coefficient (Wildman–Crippen LogP) is 6.18. The quantitative estimate of drug-likeness (QED) is 0.361. The highest BCUT2D eigenvalue weighted by Crippen LogP contribution is 2.29. The van der Waals surface area contributed by atoms with Gasteiger partial charge in [-0.3, -0.25) is 4.57 Å². The van der Waals surface area contributed by atoms with Gasteiger partial charge in [0.1, 0.15) is 0 Å². The van der Waals surface area contributed by atoms with Gasteiger partial charge in [-0.25, -0.2) is 0 Å². The molecule has 0 amide bonds. The number of hydrogen-bond acceptors (Lipinski definition) is 4. The van der Waals surface area contributed by atoms with Gasteiger partial charge in [0.15, 0.2) is 10.9 Å². The summed E-state index contributed by atoms with van der Waals surface area (Å²) in [5.74, 6) is 2.33. The van der Waals surface area contributed by atoms with Crippen molar-refractivity contribution in [2.24, 2.45) is 0 Å². The largest absolute Gasteiger partial charge is 0.461 e. The van der Waals surface area contributed by atoms with Gasteiger partial charge in [0.2, 0.25) is 5.82 Å². The first kappa shape index (κ1) is 19.5. The van der Waals surface area contributed by atoms with Crippen LogP contribution in [0, 0.1) is 0 Å². The van der Waals surface area contributed by atoms with E-state index in [-0.39, 0.29) is 5.41 Å². The summed E-state index contributed by atoms with van der Waals surface area (Å²) < 4.78 is 7.71. The van der Waals surface area contributed by atoms with Crippen molar-refractivity contribution in [1.29, 1.82) is 0 Å². The maximum Gasteiger partial charge on any atom is 0.200 e. The van der Waals surface area contributed by atoms with Crippen molar-refractivity contribution in [2.75, 3.05) is 0 Å². The molecule has 0 N–H and O–H groups in total. The van der Waals surface area contributed by atoms with E-state index in [4.69, 9.17) is 4.42 Å². The Morgan fingerprint density at radius 1 is 0.862 bits per heavy atom. The molecule has 2 heterocycles. The summed E-state index contributed by atoms with van der Waals surface area (Å²) in [5.41, 5.74) is 3.99. The number of hydrogen-bond donors (Lipinski definition) is 0. The van der Waals surface area contributed by atoms with Gasteiger partial charge in [0.25, 0.3) is 0 Å². The summed E-state index contributed by atoms with van der Waals surface area (Å²) in [6, 6.07) is 23.0. The minimum Gasteiger partial charge on any atom is -0.461 e. The molecule has 2 aromatic heterocycles. The Balaban J connectivity index is 1.57. The summed E-state index contributed by atoms with van der Waals surface area (Å²) in [4.78, 5) is 0. The first-order valence-corrected chi connectivity index (χ1v) is 10.7. The number of aromatic nitrogens is 3. The molecular weight excluding hydrogens is 378 g/mol. The molecule has 0 saturated carbocycles. The highest BCUT2D eigenvalue weighted by atomic mass is 32.2. The van der Waals surface area contributed by atoms with E-state index in [9.17, 15) is 0 Å². The number of benzene rings is 2. The molecule has 0 saturated heterocycles.